The molecule has 0 radical (unpaired) electrons. The summed E-state index contributed by atoms with van der Waals surface area (Å²) in [5.74, 6) is 0.456. The van der Waals surface area contributed by atoms with Gasteiger partial charge in [0.15, 0.2) is 5.76 Å². The molecule has 0 aliphatic carbocycles. The summed E-state index contributed by atoms with van der Waals surface area (Å²) in [6, 6.07) is 14.6. The normalized spacial score (nSPS) is 11.9. The Kier molecular flexibility index (Phi) is 6.06. The number of carbonyl (C=O) groups is 1. The fourth-order valence-electron chi connectivity index (χ4n) is 3.36. The van der Waals surface area contributed by atoms with E-state index in [0.717, 1.165) is 32.4 Å². The SMILES string of the molecule is Cc1cc(C)nc(N[C@H](c2cccc(Cl)c2)c2cc(C)sc2NC(=O)c2ccco2)n1. The number of carbonyl (C=O) groups excluding carboxylic acids is 1. The van der Waals surface area contributed by atoms with Gasteiger partial charge in [-0.05, 0) is 62.7 Å². The van der Waals surface area contributed by atoms with Crippen LogP contribution in [-0.4, -0.2) is 15.9 Å². The van der Waals surface area contributed by atoms with Crippen molar-refractivity contribution in [2.75, 3.05) is 10.6 Å². The predicted molar refractivity (Wildman–Crippen MR) is 124 cm³/mol. The summed E-state index contributed by atoms with van der Waals surface area (Å²) < 4.78 is 5.24. The Morgan fingerprint density at radius 1 is 1.06 bits per heavy atom. The summed E-state index contributed by atoms with van der Waals surface area (Å²) in [5.41, 5.74) is 3.56. The van der Waals surface area contributed by atoms with Gasteiger partial charge in [-0.3, -0.25) is 4.79 Å². The van der Waals surface area contributed by atoms with Crippen LogP contribution in [0.2, 0.25) is 5.02 Å². The van der Waals surface area contributed by atoms with E-state index in [1.54, 1.807) is 12.1 Å². The molecule has 8 heteroatoms. The van der Waals surface area contributed by atoms with E-state index in [9.17, 15) is 4.79 Å². The Morgan fingerprint density at radius 3 is 2.52 bits per heavy atom. The predicted octanol–water partition coefficient (Wildman–Crippen LogP) is 6.16. The van der Waals surface area contributed by atoms with E-state index in [2.05, 4.69) is 20.6 Å². The highest BCUT2D eigenvalue weighted by atomic mass is 35.5. The van der Waals surface area contributed by atoms with Crippen LogP contribution in [0.15, 0.2) is 59.2 Å². The van der Waals surface area contributed by atoms with E-state index < -0.39 is 0 Å². The van der Waals surface area contributed by atoms with E-state index in [0.29, 0.717) is 11.0 Å². The van der Waals surface area contributed by atoms with Gasteiger partial charge in [0.1, 0.15) is 5.00 Å². The number of nitrogens with zero attached hydrogens (tertiary/aromatic N) is 2. The maximum atomic E-state index is 12.6. The first-order valence-electron chi connectivity index (χ1n) is 9.68. The summed E-state index contributed by atoms with van der Waals surface area (Å²) in [6.07, 6.45) is 1.48. The Balaban J connectivity index is 1.75. The summed E-state index contributed by atoms with van der Waals surface area (Å²) in [6.45, 7) is 5.86. The topological polar surface area (TPSA) is 80.0 Å². The van der Waals surface area contributed by atoms with Crippen LogP contribution in [0.1, 0.15) is 44.0 Å². The van der Waals surface area contributed by atoms with Crippen LogP contribution in [0.25, 0.3) is 0 Å². The molecule has 0 bridgehead atoms. The zero-order valence-electron chi connectivity index (χ0n) is 17.3. The molecule has 6 nitrogen and oxygen atoms in total. The minimum atomic E-state index is -0.322. The molecule has 31 heavy (non-hydrogen) atoms. The van der Waals surface area contributed by atoms with Crippen LogP contribution in [0.4, 0.5) is 10.9 Å². The molecule has 1 atom stereocenters. The molecule has 0 aliphatic rings. The van der Waals surface area contributed by atoms with Gasteiger partial charge in [-0.2, -0.15) is 0 Å². The van der Waals surface area contributed by atoms with Crippen molar-refractivity contribution in [1.82, 2.24) is 9.97 Å². The first-order valence-corrected chi connectivity index (χ1v) is 10.9. The van der Waals surface area contributed by atoms with Crippen molar-refractivity contribution in [1.29, 1.82) is 0 Å². The van der Waals surface area contributed by atoms with Gasteiger partial charge < -0.3 is 15.1 Å². The third kappa shape index (κ3) is 4.95. The van der Waals surface area contributed by atoms with Crippen molar-refractivity contribution in [2.45, 2.75) is 26.8 Å². The van der Waals surface area contributed by atoms with Gasteiger partial charge in [0.05, 0.1) is 12.3 Å². The molecule has 1 aromatic carbocycles. The molecule has 3 heterocycles. The zero-order valence-corrected chi connectivity index (χ0v) is 18.8. The summed E-state index contributed by atoms with van der Waals surface area (Å²) in [5, 5.41) is 7.76. The maximum Gasteiger partial charge on any atom is 0.291 e. The quantitative estimate of drug-likeness (QED) is 0.366. The molecule has 158 valence electrons. The number of furan rings is 1. The molecule has 0 saturated heterocycles. The first kappa shape index (κ1) is 21.1. The minimum absolute atomic E-state index is 0.252. The second-order valence-corrected chi connectivity index (χ2v) is 8.87. The standard InChI is InChI=1S/C23H21ClN4O2S/c1-13-10-14(2)26-23(25-13)27-20(16-6-4-7-17(24)12-16)18-11-15(3)31-22(18)28-21(29)19-8-5-9-30-19/h4-12,20H,1-3H3,(H,28,29)(H,25,26,27)/t20-/m1/s1. The average molecular weight is 453 g/mol. The van der Waals surface area contributed by atoms with Gasteiger partial charge in [0, 0.05) is 26.9 Å². The van der Waals surface area contributed by atoms with E-state index in [1.165, 1.54) is 17.6 Å². The van der Waals surface area contributed by atoms with Crippen LogP contribution in [-0.2, 0) is 0 Å². The highest BCUT2D eigenvalue weighted by molar-refractivity contribution is 7.16. The van der Waals surface area contributed by atoms with Crippen LogP contribution in [0.5, 0.6) is 0 Å². The third-order valence-corrected chi connectivity index (χ3v) is 5.82. The number of thiophene rings is 1. The van der Waals surface area contributed by atoms with Gasteiger partial charge >= 0.3 is 0 Å². The highest BCUT2D eigenvalue weighted by Gasteiger charge is 2.23. The van der Waals surface area contributed by atoms with Crippen molar-refractivity contribution < 1.29 is 9.21 Å². The lowest BCUT2D eigenvalue weighted by Crippen LogP contribution is -2.18. The molecular weight excluding hydrogens is 432 g/mol. The fraction of sp³-hybridized carbons (Fsp3) is 0.174. The lowest BCUT2D eigenvalue weighted by Gasteiger charge is -2.21. The number of rotatable bonds is 6. The number of aryl methyl sites for hydroxylation is 3. The number of nitrogens with one attached hydrogen (secondary N) is 2. The largest absolute Gasteiger partial charge is 0.459 e. The summed E-state index contributed by atoms with van der Waals surface area (Å²) >= 11 is 7.78. The Morgan fingerprint density at radius 2 is 1.84 bits per heavy atom. The molecule has 0 aliphatic heterocycles. The van der Waals surface area contributed by atoms with Crippen molar-refractivity contribution in [3.63, 3.8) is 0 Å². The molecule has 1 amide bonds. The van der Waals surface area contributed by atoms with Gasteiger partial charge in [-0.25, -0.2) is 9.97 Å². The Labute approximate surface area is 189 Å². The number of amides is 1. The molecule has 3 aromatic heterocycles. The molecule has 4 rings (SSSR count). The van der Waals surface area contributed by atoms with E-state index in [4.69, 9.17) is 16.0 Å². The minimum Gasteiger partial charge on any atom is -0.459 e. The van der Waals surface area contributed by atoms with Crippen molar-refractivity contribution in [3.8, 4) is 0 Å². The number of anilines is 2. The van der Waals surface area contributed by atoms with E-state index in [1.807, 2.05) is 57.2 Å². The van der Waals surface area contributed by atoms with Crippen LogP contribution in [0.3, 0.4) is 0 Å². The van der Waals surface area contributed by atoms with Crippen molar-refractivity contribution in [3.05, 3.63) is 93.0 Å². The molecule has 0 unspecified atom stereocenters. The van der Waals surface area contributed by atoms with Crippen LogP contribution < -0.4 is 10.6 Å². The molecule has 4 aromatic rings. The lowest BCUT2D eigenvalue weighted by molar-refractivity contribution is 0.0997. The van der Waals surface area contributed by atoms with Gasteiger partial charge in [0.25, 0.3) is 5.91 Å². The van der Waals surface area contributed by atoms with Gasteiger partial charge in [-0.1, -0.05) is 23.7 Å². The smallest absolute Gasteiger partial charge is 0.291 e. The van der Waals surface area contributed by atoms with Crippen molar-refractivity contribution in [2.24, 2.45) is 0 Å². The molecular formula is C23H21ClN4O2S. The number of benzene rings is 1. The lowest BCUT2D eigenvalue weighted by atomic mass is 10.00. The Hall–Kier alpha value is -3.16. The molecule has 0 spiro atoms. The average Bonchev–Trinajstić information content (AvgIpc) is 3.35. The van der Waals surface area contributed by atoms with Crippen LogP contribution in [0, 0.1) is 20.8 Å². The number of halogens is 1. The number of hydrogen-bond donors (Lipinski definition) is 2. The number of aromatic nitrogens is 2. The second-order valence-electron chi connectivity index (χ2n) is 7.18. The third-order valence-electron chi connectivity index (χ3n) is 4.60. The second kappa shape index (κ2) is 8.91. The monoisotopic (exact) mass is 452 g/mol. The zero-order chi connectivity index (χ0) is 22.0. The Bertz CT molecular complexity index is 1200. The van der Waals surface area contributed by atoms with Gasteiger partial charge in [-0.15, -0.1) is 11.3 Å². The van der Waals surface area contributed by atoms with Crippen molar-refractivity contribution >= 4 is 39.8 Å². The molecule has 0 saturated carbocycles. The summed E-state index contributed by atoms with van der Waals surface area (Å²) in [7, 11) is 0. The van der Waals surface area contributed by atoms with E-state index in [-0.39, 0.29) is 17.7 Å². The van der Waals surface area contributed by atoms with Crippen LogP contribution >= 0.6 is 22.9 Å². The first-order chi connectivity index (χ1) is 14.9. The van der Waals surface area contributed by atoms with E-state index >= 15 is 0 Å². The maximum absolute atomic E-state index is 12.6. The highest BCUT2D eigenvalue weighted by Crippen LogP contribution is 2.38. The summed E-state index contributed by atoms with van der Waals surface area (Å²) in [4.78, 5) is 22.8. The molecule has 2 N–H and O–H groups in total. The fourth-order valence-corrected chi connectivity index (χ4v) is 4.51. The molecule has 0 fully saturated rings. The number of hydrogen-bond acceptors (Lipinski definition) is 6. The van der Waals surface area contributed by atoms with Gasteiger partial charge in [0.2, 0.25) is 5.95 Å².